The van der Waals surface area contributed by atoms with Crippen molar-refractivity contribution in [1.82, 2.24) is 4.98 Å². The van der Waals surface area contributed by atoms with Gasteiger partial charge in [0.05, 0.1) is 4.88 Å². The maximum Gasteiger partial charge on any atom is 0.205 e. The summed E-state index contributed by atoms with van der Waals surface area (Å²) in [6.07, 6.45) is 6.64. The fraction of sp³-hybridized carbons (Fsp3) is 0.278. The summed E-state index contributed by atoms with van der Waals surface area (Å²) in [4.78, 5) is 18.4. The minimum Gasteiger partial charge on any atom is -0.360 e. The van der Waals surface area contributed by atoms with Gasteiger partial charge in [-0.1, -0.05) is 12.1 Å². The lowest BCUT2D eigenvalue weighted by molar-refractivity contribution is 0.104. The molecule has 21 heavy (non-hydrogen) atoms. The molecule has 1 aromatic carbocycles. The summed E-state index contributed by atoms with van der Waals surface area (Å²) in [5.41, 5.74) is 4.39. The highest BCUT2D eigenvalue weighted by molar-refractivity contribution is 7.14. The quantitative estimate of drug-likeness (QED) is 0.686. The predicted molar refractivity (Wildman–Crippen MR) is 87.4 cm³/mol. The SMILES string of the molecule is Cc1cccc2[nH]cc(C(=O)c3cc4c(s3)CCCC4)c12. The summed E-state index contributed by atoms with van der Waals surface area (Å²) in [6, 6.07) is 8.23. The summed E-state index contributed by atoms with van der Waals surface area (Å²) in [7, 11) is 0. The van der Waals surface area contributed by atoms with Crippen molar-refractivity contribution >= 4 is 28.0 Å². The zero-order valence-corrected chi connectivity index (χ0v) is 12.8. The Bertz CT molecular complexity index is 817. The zero-order valence-electron chi connectivity index (χ0n) is 12.0. The van der Waals surface area contributed by atoms with Gasteiger partial charge in [-0.3, -0.25) is 4.79 Å². The number of aromatic amines is 1. The standard InChI is InChI=1S/C18H17NOS/c1-11-5-4-7-14-17(11)13(10-19-14)18(20)16-9-12-6-2-3-8-15(12)21-16/h4-5,7,9-10,19H,2-3,6,8H2,1H3. The molecule has 0 atom stereocenters. The Labute approximate surface area is 127 Å². The van der Waals surface area contributed by atoms with Gasteiger partial charge in [0.25, 0.3) is 0 Å². The Morgan fingerprint density at radius 3 is 2.95 bits per heavy atom. The van der Waals surface area contributed by atoms with Crippen molar-refractivity contribution in [2.24, 2.45) is 0 Å². The number of hydrogen-bond acceptors (Lipinski definition) is 2. The van der Waals surface area contributed by atoms with Crippen molar-refractivity contribution in [1.29, 1.82) is 0 Å². The normalized spacial score (nSPS) is 14.3. The highest BCUT2D eigenvalue weighted by atomic mass is 32.1. The molecule has 0 bridgehead atoms. The topological polar surface area (TPSA) is 32.9 Å². The number of carbonyl (C=O) groups is 1. The van der Waals surface area contributed by atoms with Gasteiger partial charge in [-0.25, -0.2) is 0 Å². The van der Waals surface area contributed by atoms with E-state index in [2.05, 4.69) is 24.0 Å². The lowest BCUT2D eigenvalue weighted by Gasteiger charge is -2.08. The van der Waals surface area contributed by atoms with Crippen LogP contribution in [0.25, 0.3) is 10.9 Å². The first-order valence-electron chi connectivity index (χ1n) is 7.47. The minimum absolute atomic E-state index is 0.162. The summed E-state index contributed by atoms with van der Waals surface area (Å²) >= 11 is 1.69. The smallest absolute Gasteiger partial charge is 0.205 e. The van der Waals surface area contributed by atoms with Crippen LogP contribution in [0.4, 0.5) is 0 Å². The maximum absolute atomic E-state index is 12.9. The highest BCUT2D eigenvalue weighted by Gasteiger charge is 2.20. The van der Waals surface area contributed by atoms with Crippen LogP contribution in [-0.4, -0.2) is 10.8 Å². The fourth-order valence-corrected chi connectivity index (χ4v) is 4.49. The van der Waals surface area contributed by atoms with Gasteiger partial charge < -0.3 is 4.98 Å². The molecule has 1 N–H and O–H groups in total. The second-order valence-corrected chi connectivity index (χ2v) is 6.93. The molecule has 2 aromatic heterocycles. The second kappa shape index (κ2) is 4.85. The first kappa shape index (κ1) is 12.8. The third-order valence-electron chi connectivity index (χ3n) is 4.38. The van der Waals surface area contributed by atoms with E-state index in [1.807, 2.05) is 18.3 Å². The van der Waals surface area contributed by atoms with Crippen molar-refractivity contribution in [3.8, 4) is 0 Å². The molecule has 1 aliphatic carbocycles. The molecule has 0 radical (unpaired) electrons. The van der Waals surface area contributed by atoms with Crippen LogP contribution in [0, 0.1) is 6.92 Å². The third-order valence-corrected chi connectivity index (χ3v) is 5.62. The van der Waals surface area contributed by atoms with Gasteiger partial charge in [0.1, 0.15) is 0 Å². The van der Waals surface area contributed by atoms with E-state index >= 15 is 0 Å². The van der Waals surface area contributed by atoms with Crippen LogP contribution < -0.4 is 0 Å². The summed E-state index contributed by atoms with van der Waals surface area (Å²) < 4.78 is 0. The molecule has 4 rings (SSSR count). The van der Waals surface area contributed by atoms with Gasteiger partial charge in [0.15, 0.2) is 0 Å². The number of rotatable bonds is 2. The maximum atomic E-state index is 12.9. The van der Waals surface area contributed by atoms with E-state index in [4.69, 9.17) is 0 Å². The van der Waals surface area contributed by atoms with Gasteiger partial charge in [-0.2, -0.15) is 0 Å². The van der Waals surface area contributed by atoms with Crippen LogP contribution in [0.1, 0.15) is 44.1 Å². The predicted octanol–water partition coefficient (Wildman–Crippen LogP) is 4.65. The average Bonchev–Trinajstić information content (AvgIpc) is 3.11. The molecule has 0 saturated heterocycles. The number of carbonyl (C=O) groups excluding carboxylic acids is 1. The molecule has 1 aliphatic rings. The number of benzene rings is 1. The molecule has 0 aliphatic heterocycles. The molecule has 0 fully saturated rings. The van der Waals surface area contributed by atoms with Crippen molar-refractivity contribution in [3.05, 3.63) is 56.9 Å². The molecule has 2 heterocycles. The fourth-order valence-electron chi connectivity index (χ4n) is 3.28. The van der Waals surface area contributed by atoms with E-state index in [9.17, 15) is 4.79 Å². The number of aryl methyl sites for hydroxylation is 3. The molecule has 0 amide bonds. The van der Waals surface area contributed by atoms with E-state index in [0.717, 1.165) is 39.7 Å². The van der Waals surface area contributed by atoms with E-state index in [-0.39, 0.29) is 5.78 Å². The van der Waals surface area contributed by atoms with Crippen molar-refractivity contribution < 1.29 is 4.79 Å². The first-order chi connectivity index (χ1) is 10.2. The number of hydrogen-bond donors (Lipinski definition) is 1. The minimum atomic E-state index is 0.162. The summed E-state index contributed by atoms with van der Waals surface area (Å²) in [5, 5.41) is 1.06. The molecule has 0 unspecified atom stereocenters. The van der Waals surface area contributed by atoms with E-state index in [0.29, 0.717) is 0 Å². The lowest BCUT2D eigenvalue weighted by Crippen LogP contribution is -1.98. The number of H-pyrrole nitrogens is 1. The van der Waals surface area contributed by atoms with Crippen molar-refractivity contribution in [2.75, 3.05) is 0 Å². The monoisotopic (exact) mass is 295 g/mol. The Morgan fingerprint density at radius 2 is 2.10 bits per heavy atom. The number of ketones is 1. The Hall–Kier alpha value is -1.87. The van der Waals surface area contributed by atoms with Gasteiger partial charge >= 0.3 is 0 Å². The van der Waals surface area contributed by atoms with Crippen molar-refractivity contribution in [2.45, 2.75) is 32.6 Å². The van der Waals surface area contributed by atoms with E-state index in [1.54, 1.807) is 11.3 Å². The van der Waals surface area contributed by atoms with Crippen LogP contribution in [0.2, 0.25) is 0 Å². The number of aromatic nitrogens is 1. The van der Waals surface area contributed by atoms with Crippen LogP contribution in [0.3, 0.4) is 0 Å². The van der Waals surface area contributed by atoms with Gasteiger partial charge in [0.2, 0.25) is 5.78 Å². The van der Waals surface area contributed by atoms with Crippen LogP contribution in [-0.2, 0) is 12.8 Å². The number of thiophene rings is 1. The Kier molecular flexibility index (Phi) is 2.96. The second-order valence-electron chi connectivity index (χ2n) is 5.80. The van der Waals surface area contributed by atoms with Gasteiger partial charge in [-0.05, 0) is 55.9 Å². The Balaban J connectivity index is 1.81. The molecule has 3 aromatic rings. The van der Waals surface area contributed by atoms with Crippen LogP contribution in [0.15, 0.2) is 30.5 Å². The molecular formula is C18H17NOS. The van der Waals surface area contributed by atoms with Crippen LogP contribution >= 0.6 is 11.3 Å². The van der Waals surface area contributed by atoms with E-state index in [1.165, 1.54) is 23.3 Å². The molecular weight excluding hydrogens is 278 g/mol. The molecule has 106 valence electrons. The largest absolute Gasteiger partial charge is 0.360 e. The lowest BCUT2D eigenvalue weighted by atomic mass is 9.98. The molecule has 0 spiro atoms. The average molecular weight is 295 g/mol. The van der Waals surface area contributed by atoms with Crippen LogP contribution in [0.5, 0.6) is 0 Å². The van der Waals surface area contributed by atoms with Gasteiger partial charge in [0, 0.05) is 27.5 Å². The molecule has 0 saturated carbocycles. The summed E-state index contributed by atoms with van der Waals surface area (Å²) in [6.45, 7) is 2.06. The first-order valence-corrected chi connectivity index (χ1v) is 8.28. The van der Waals surface area contributed by atoms with E-state index < -0.39 is 0 Å². The third kappa shape index (κ3) is 2.04. The number of fused-ring (bicyclic) bond motifs is 2. The van der Waals surface area contributed by atoms with Crippen molar-refractivity contribution in [3.63, 3.8) is 0 Å². The molecule has 2 nitrogen and oxygen atoms in total. The highest BCUT2D eigenvalue weighted by Crippen LogP contribution is 2.32. The van der Waals surface area contributed by atoms with Gasteiger partial charge in [-0.15, -0.1) is 11.3 Å². The summed E-state index contributed by atoms with van der Waals surface area (Å²) in [5.74, 6) is 0.162. The zero-order chi connectivity index (χ0) is 14.4. The molecule has 3 heteroatoms. The number of nitrogens with one attached hydrogen (secondary N) is 1. The Morgan fingerprint density at radius 1 is 1.24 bits per heavy atom.